The van der Waals surface area contributed by atoms with Crippen molar-refractivity contribution in [2.24, 2.45) is 5.41 Å². The van der Waals surface area contributed by atoms with E-state index >= 15 is 0 Å². The summed E-state index contributed by atoms with van der Waals surface area (Å²) in [7, 11) is 0. The Balaban J connectivity index is 2.13. The molecule has 2 N–H and O–H groups in total. The van der Waals surface area contributed by atoms with Crippen LogP contribution in [0.4, 0.5) is 11.4 Å². The zero-order chi connectivity index (χ0) is 14.8. The fourth-order valence-electron chi connectivity index (χ4n) is 2.20. The van der Waals surface area contributed by atoms with E-state index in [1.54, 1.807) is 6.07 Å². The molecule has 108 valence electrons. The number of hydrogen-bond donors (Lipinski definition) is 2. The molecule has 1 fully saturated rings. The molecule has 7 heteroatoms. The van der Waals surface area contributed by atoms with Crippen molar-refractivity contribution >= 4 is 33.2 Å². The zero-order valence-corrected chi connectivity index (χ0v) is 12.7. The maximum Gasteiger partial charge on any atom is 0.270 e. The van der Waals surface area contributed by atoms with Gasteiger partial charge in [0.1, 0.15) is 0 Å². The van der Waals surface area contributed by atoms with Crippen LogP contribution in [0.25, 0.3) is 0 Å². The zero-order valence-electron chi connectivity index (χ0n) is 11.1. The van der Waals surface area contributed by atoms with Crippen molar-refractivity contribution < 1.29 is 9.72 Å². The van der Waals surface area contributed by atoms with Crippen LogP contribution in [0.3, 0.4) is 0 Å². The number of rotatable bonds is 3. The van der Waals surface area contributed by atoms with E-state index < -0.39 is 10.3 Å². The molecule has 20 heavy (non-hydrogen) atoms. The van der Waals surface area contributed by atoms with Gasteiger partial charge in [-0.15, -0.1) is 0 Å². The van der Waals surface area contributed by atoms with Crippen LogP contribution in [-0.2, 0) is 4.79 Å². The van der Waals surface area contributed by atoms with Gasteiger partial charge in [0.25, 0.3) is 5.69 Å². The summed E-state index contributed by atoms with van der Waals surface area (Å²) in [5.74, 6) is -0.0476. The van der Waals surface area contributed by atoms with Crippen molar-refractivity contribution in [2.45, 2.75) is 19.8 Å². The molecular weight excluding hydrogens is 326 g/mol. The Bertz CT molecular complexity index is 542. The van der Waals surface area contributed by atoms with Crippen molar-refractivity contribution in [2.75, 3.05) is 18.4 Å². The van der Waals surface area contributed by atoms with Crippen LogP contribution in [-0.4, -0.2) is 23.9 Å². The van der Waals surface area contributed by atoms with Gasteiger partial charge >= 0.3 is 0 Å². The predicted molar refractivity (Wildman–Crippen MR) is 79.6 cm³/mol. The fraction of sp³-hybridized carbons (Fsp3) is 0.462. The summed E-state index contributed by atoms with van der Waals surface area (Å²) in [6.07, 6.45) is 1.56. The number of amides is 1. The number of hydrogen-bond acceptors (Lipinski definition) is 4. The normalized spacial score (nSPS) is 17.5. The topological polar surface area (TPSA) is 84.3 Å². The van der Waals surface area contributed by atoms with E-state index in [0.29, 0.717) is 10.2 Å². The lowest BCUT2D eigenvalue weighted by Gasteiger charge is -2.32. The summed E-state index contributed by atoms with van der Waals surface area (Å²) in [5, 5.41) is 16.8. The summed E-state index contributed by atoms with van der Waals surface area (Å²) < 4.78 is 0.512. The van der Waals surface area contributed by atoms with Crippen LogP contribution in [0.5, 0.6) is 0 Å². The Hall–Kier alpha value is -1.47. The van der Waals surface area contributed by atoms with Gasteiger partial charge in [-0.25, -0.2) is 0 Å². The molecule has 1 aromatic rings. The Labute approximate surface area is 125 Å². The van der Waals surface area contributed by atoms with Gasteiger partial charge in [0, 0.05) is 22.0 Å². The highest BCUT2D eigenvalue weighted by atomic mass is 79.9. The number of nitro groups is 1. The van der Waals surface area contributed by atoms with E-state index in [4.69, 9.17) is 0 Å². The second kappa shape index (κ2) is 5.88. The van der Waals surface area contributed by atoms with Gasteiger partial charge in [-0.1, -0.05) is 6.92 Å². The SMILES string of the molecule is CC1(C(=O)Nc2ccc([N+](=O)[O-])cc2Br)CCNCC1. The molecule has 6 nitrogen and oxygen atoms in total. The first-order chi connectivity index (χ1) is 9.42. The maximum absolute atomic E-state index is 12.4. The van der Waals surface area contributed by atoms with E-state index in [1.165, 1.54) is 12.1 Å². The third kappa shape index (κ3) is 3.16. The quantitative estimate of drug-likeness (QED) is 0.653. The molecule has 0 spiro atoms. The van der Waals surface area contributed by atoms with Gasteiger partial charge in [0.05, 0.1) is 10.6 Å². The highest BCUT2D eigenvalue weighted by molar-refractivity contribution is 9.10. The van der Waals surface area contributed by atoms with E-state index in [1.807, 2.05) is 6.92 Å². The van der Waals surface area contributed by atoms with Crippen LogP contribution < -0.4 is 10.6 Å². The van der Waals surface area contributed by atoms with Crippen LogP contribution in [0.2, 0.25) is 0 Å². The number of carbonyl (C=O) groups excluding carboxylic acids is 1. The van der Waals surface area contributed by atoms with Gasteiger partial charge in [0.2, 0.25) is 5.91 Å². The number of non-ortho nitro benzene ring substituents is 1. The monoisotopic (exact) mass is 341 g/mol. The Kier molecular flexibility index (Phi) is 4.39. The Morgan fingerprint density at radius 2 is 2.10 bits per heavy atom. The molecule has 1 saturated heterocycles. The van der Waals surface area contributed by atoms with Gasteiger partial charge in [-0.05, 0) is 47.9 Å². The first-order valence-corrected chi connectivity index (χ1v) is 7.18. The summed E-state index contributed by atoms with van der Waals surface area (Å²) in [6, 6.07) is 4.32. The first kappa shape index (κ1) is 14.9. The number of anilines is 1. The lowest BCUT2D eigenvalue weighted by Crippen LogP contribution is -2.42. The molecule has 0 atom stereocenters. The minimum atomic E-state index is -0.468. The standard InChI is InChI=1S/C13H16BrN3O3/c1-13(4-6-15-7-5-13)12(18)16-11-3-2-9(17(19)20)8-10(11)14/h2-3,8,15H,4-7H2,1H3,(H,16,18). The Morgan fingerprint density at radius 3 is 2.65 bits per heavy atom. The van der Waals surface area contributed by atoms with Crippen molar-refractivity contribution in [1.82, 2.24) is 5.32 Å². The van der Waals surface area contributed by atoms with Gasteiger partial charge in [0.15, 0.2) is 0 Å². The third-order valence-electron chi connectivity index (χ3n) is 3.67. The van der Waals surface area contributed by atoms with Crippen LogP contribution >= 0.6 is 15.9 Å². The van der Waals surface area contributed by atoms with E-state index in [9.17, 15) is 14.9 Å². The second-order valence-corrected chi connectivity index (χ2v) is 6.04. The van der Waals surface area contributed by atoms with Gasteiger partial charge < -0.3 is 10.6 Å². The number of benzene rings is 1. The summed E-state index contributed by atoms with van der Waals surface area (Å²) in [5.41, 5.74) is 0.148. The fourth-order valence-corrected chi connectivity index (χ4v) is 2.66. The number of nitrogens with one attached hydrogen (secondary N) is 2. The summed E-state index contributed by atoms with van der Waals surface area (Å²) in [4.78, 5) is 22.6. The molecule has 0 bridgehead atoms. The van der Waals surface area contributed by atoms with Crippen molar-refractivity contribution in [1.29, 1.82) is 0 Å². The minimum Gasteiger partial charge on any atom is -0.325 e. The molecule has 0 aliphatic carbocycles. The van der Waals surface area contributed by atoms with Crippen molar-refractivity contribution in [3.8, 4) is 0 Å². The van der Waals surface area contributed by atoms with Gasteiger partial charge in [-0.2, -0.15) is 0 Å². The number of nitro benzene ring substituents is 1. The molecular formula is C13H16BrN3O3. The maximum atomic E-state index is 12.4. The third-order valence-corrected chi connectivity index (χ3v) is 4.32. The minimum absolute atomic E-state index is 0.0112. The van der Waals surface area contributed by atoms with E-state index in [-0.39, 0.29) is 11.6 Å². The molecule has 1 aliphatic heterocycles. The Morgan fingerprint density at radius 1 is 1.45 bits per heavy atom. The molecule has 0 unspecified atom stereocenters. The molecule has 1 aliphatic rings. The van der Waals surface area contributed by atoms with Crippen LogP contribution in [0.15, 0.2) is 22.7 Å². The lowest BCUT2D eigenvalue weighted by molar-refractivity contribution is -0.384. The molecule has 2 rings (SSSR count). The summed E-state index contributed by atoms with van der Waals surface area (Å²) >= 11 is 3.25. The number of halogens is 1. The van der Waals surface area contributed by atoms with Crippen molar-refractivity contribution in [3.63, 3.8) is 0 Å². The van der Waals surface area contributed by atoms with E-state index in [2.05, 4.69) is 26.6 Å². The van der Waals surface area contributed by atoms with E-state index in [0.717, 1.165) is 25.9 Å². The largest absolute Gasteiger partial charge is 0.325 e. The molecule has 1 aromatic carbocycles. The first-order valence-electron chi connectivity index (χ1n) is 6.38. The van der Waals surface area contributed by atoms with Crippen LogP contribution in [0, 0.1) is 15.5 Å². The number of nitrogens with zero attached hydrogens (tertiary/aromatic N) is 1. The molecule has 0 radical (unpaired) electrons. The number of piperidine rings is 1. The summed E-state index contributed by atoms with van der Waals surface area (Å²) in [6.45, 7) is 3.60. The van der Waals surface area contributed by atoms with Crippen molar-refractivity contribution in [3.05, 3.63) is 32.8 Å². The predicted octanol–water partition coefficient (Wildman–Crippen LogP) is 2.69. The van der Waals surface area contributed by atoms with Gasteiger partial charge in [-0.3, -0.25) is 14.9 Å². The van der Waals surface area contributed by atoms with Crippen LogP contribution in [0.1, 0.15) is 19.8 Å². The molecule has 1 heterocycles. The average molecular weight is 342 g/mol. The highest BCUT2D eigenvalue weighted by Gasteiger charge is 2.34. The molecule has 0 saturated carbocycles. The lowest BCUT2D eigenvalue weighted by atomic mass is 9.80. The average Bonchev–Trinajstić information content (AvgIpc) is 2.41. The highest BCUT2D eigenvalue weighted by Crippen LogP contribution is 2.32. The second-order valence-electron chi connectivity index (χ2n) is 5.19. The molecule has 1 amide bonds. The smallest absolute Gasteiger partial charge is 0.270 e. The number of carbonyl (C=O) groups is 1. The molecule has 0 aromatic heterocycles.